The first-order chi connectivity index (χ1) is 11.8. The number of nitrogens with zero attached hydrogens (tertiary/aromatic N) is 3. The monoisotopic (exact) mass is 333 g/mol. The SMILES string of the molecule is CCC(N1CC=CC1)N1c2ccccc2Sc2ccc(C#N)cc21. The molecule has 0 aliphatic carbocycles. The lowest BCUT2D eigenvalue weighted by Crippen LogP contribution is -2.45. The highest BCUT2D eigenvalue weighted by atomic mass is 32.2. The third kappa shape index (κ3) is 2.50. The van der Waals surface area contributed by atoms with E-state index in [1.807, 2.05) is 12.1 Å². The Bertz CT molecular complexity index is 829. The molecular formula is C20H19N3S. The molecule has 24 heavy (non-hydrogen) atoms. The molecule has 0 saturated carbocycles. The lowest BCUT2D eigenvalue weighted by Gasteiger charge is -2.42. The Morgan fingerprint density at radius 1 is 1.08 bits per heavy atom. The van der Waals surface area contributed by atoms with Gasteiger partial charge in [0, 0.05) is 22.9 Å². The lowest BCUT2D eigenvalue weighted by molar-refractivity contribution is 0.248. The van der Waals surface area contributed by atoms with Crippen LogP contribution in [0.5, 0.6) is 0 Å². The highest BCUT2D eigenvalue weighted by Gasteiger charge is 2.32. The van der Waals surface area contributed by atoms with Gasteiger partial charge in [0.1, 0.15) is 0 Å². The first-order valence-corrected chi connectivity index (χ1v) is 9.12. The van der Waals surface area contributed by atoms with Gasteiger partial charge in [-0.3, -0.25) is 4.90 Å². The molecule has 4 heteroatoms. The molecule has 0 bridgehead atoms. The summed E-state index contributed by atoms with van der Waals surface area (Å²) in [7, 11) is 0. The summed E-state index contributed by atoms with van der Waals surface area (Å²) in [5, 5.41) is 9.33. The molecule has 1 atom stereocenters. The van der Waals surface area contributed by atoms with Crippen LogP contribution in [0, 0.1) is 11.3 Å². The van der Waals surface area contributed by atoms with Crippen LogP contribution in [0.4, 0.5) is 11.4 Å². The Labute approximate surface area is 147 Å². The van der Waals surface area contributed by atoms with E-state index >= 15 is 0 Å². The van der Waals surface area contributed by atoms with Gasteiger partial charge in [-0.05, 0) is 36.8 Å². The molecule has 1 unspecified atom stereocenters. The molecule has 0 N–H and O–H groups in total. The van der Waals surface area contributed by atoms with Gasteiger partial charge in [0.05, 0.1) is 29.2 Å². The molecule has 0 saturated heterocycles. The molecule has 2 aliphatic rings. The van der Waals surface area contributed by atoms with Gasteiger partial charge in [0.2, 0.25) is 0 Å². The van der Waals surface area contributed by atoms with Crippen molar-refractivity contribution in [3.63, 3.8) is 0 Å². The normalized spacial score (nSPS) is 17.2. The number of fused-ring (bicyclic) bond motifs is 2. The van der Waals surface area contributed by atoms with E-state index in [0.717, 1.165) is 25.2 Å². The molecule has 2 aliphatic heterocycles. The largest absolute Gasteiger partial charge is 0.323 e. The summed E-state index contributed by atoms with van der Waals surface area (Å²) >= 11 is 1.79. The summed E-state index contributed by atoms with van der Waals surface area (Å²) in [6, 6.07) is 16.9. The number of nitriles is 1. The van der Waals surface area contributed by atoms with Crippen molar-refractivity contribution < 1.29 is 0 Å². The number of rotatable bonds is 3. The zero-order valence-electron chi connectivity index (χ0n) is 13.6. The molecule has 0 spiro atoms. The molecule has 0 radical (unpaired) electrons. The fourth-order valence-electron chi connectivity index (χ4n) is 3.52. The van der Waals surface area contributed by atoms with Crippen molar-refractivity contribution in [3.8, 4) is 6.07 Å². The molecular weight excluding hydrogens is 314 g/mol. The molecule has 4 rings (SSSR count). The van der Waals surface area contributed by atoms with Crippen LogP contribution in [0.25, 0.3) is 0 Å². The molecule has 2 heterocycles. The molecule has 2 aromatic rings. The van der Waals surface area contributed by atoms with E-state index in [1.165, 1.54) is 15.5 Å². The average molecular weight is 333 g/mol. The van der Waals surface area contributed by atoms with Gasteiger partial charge >= 0.3 is 0 Å². The first kappa shape index (κ1) is 15.3. The molecule has 2 aromatic carbocycles. The minimum atomic E-state index is 0.287. The van der Waals surface area contributed by atoms with E-state index in [-0.39, 0.29) is 6.17 Å². The van der Waals surface area contributed by atoms with Crippen molar-refractivity contribution in [1.82, 2.24) is 4.90 Å². The van der Waals surface area contributed by atoms with Gasteiger partial charge in [-0.1, -0.05) is 43.0 Å². The van der Waals surface area contributed by atoms with E-state index in [9.17, 15) is 5.26 Å². The molecule has 0 amide bonds. The summed E-state index contributed by atoms with van der Waals surface area (Å²) in [6.45, 7) is 4.20. The van der Waals surface area contributed by atoms with Crippen LogP contribution in [0.3, 0.4) is 0 Å². The minimum absolute atomic E-state index is 0.287. The van der Waals surface area contributed by atoms with Crippen LogP contribution in [-0.2, 0) is 0 Å². The predicted octanol–water partition coefficient (Wildman–Crippen LogP) is 4.77. The first-order valence-electron chi connectivity index (χ1n) is 8.31. The van der Waals surface area contributed by atoms with Crippen LogP contribution >= 0.6 is 11.8 Å². The molecule has 3 nitrogen and oxygen atoms in total. The van der Waals surface area contributed by atoms with Gasteiger partial charge < -0.3 is 4.90 Å². The second-order valence-electron chi connectivity index (χ2n) is 6.05. The minimum Gasteiger partial charge on any atom is -0.323 e. The van der Waals surface area contributed by atoms with Crippen molar-refractivity contribution in [1.29, 1.82) is 5.26 Å². The van der Waals surface area contributed by atoms with Crippen molar-refractivity contribution in [2.75, 3.05) is 18.0 Å². The van der Waals surface area contributed by atoms with E-state index < -0.39 is 0 Å². The number of hydrogen-bond acceptors (Lipinski definition) is 4. The third-order valence-electron chi connectivity index (χ3n) is 4.62. The maximum Gasteiger partial charge on any atom is 0.0992 e. The number of para-hydroxylation sites is 1. The summed E-state index contributed by atoms with van der Waals surface area (Å²) in [5.74, 6) is 0. The van der Waals surface area contributed by atoms with E-state index in [0.29, 0.717) is 5.56 Å². The van der Waals surface area contributed by atoms with E-state index in [1.54, 1.807) is 11.8 Å². The highest BCUT2D eigenvalue weighted by molar-refractivity contribution is 7.99. The Balaban J connectivity index is 1.86. The molecule has 120 valence electrons. The van der Waals surface area contributed by atoms with Crippen molar-refractivity contribution >= 4 is 23.1 Å². The Morgan fingerprint density at radius 3 is 2.58 bits per heavy atom. The number of hydrogen-bond donors (Lipinski definition) is 0. The maximum atomic E-state index is 9.33. The summed E-state index contributed by atoms with van der Waals surface area (Å²) < 4.78 is 0. The second kappa shape index (κ2) is 6.35. The zero-order valence-corrected chi connectivity index (χ0v) is 14.5. The summed E-state index contributed by atoms with van der Waals surface area (Å²) in [5.41, 5.74) is 3.11. The predicted molar refractivity (Wildman–Crippen MR) is 98.7 cm³/mol. The zero-order chi connectivity index (χ0) is 16.5. The fourth-order valence-corrected chi connectivity index (χ4v) is 4.57. The average Bonchev–Trinajstić information content (AvgIpc) is 3.15. The van der Waals surface area contributed by atoms with Crippen molar-refractivity contribution in [3.05, 3.63) is 60.2 Å². The number of anilines is 2. The van der Waals surface area contributed by atoms with Crippen LogP contribution in [-0.4, -0.2) is 24.2 Å². The van der Waals surface area contributed by atoms with Crippen molar-refractivity contribution in [2.24, 2.45) is 0 Å². The van der Waals surface area contributed by atoms with Crippen LogP contribution in [0.15, 0.2) is 64.4 Å². The van der Waals surface area contributed by atoms with Gasteiger partial charge in [-0.2, -0.15) is 5.26 Å². The third-order valence-corrected chi connectivity index (χ3v) is 5.75. The van der Waals surface area contributed by atoms with E-state index in [4.69, 9.17) is 0 Å². The smallest absolute Gasteiger partial charge is 0.0992 e. The molecule has 0 aromatic heterocycles. The Kier molecular flexibility index (Phi) is 4.05. The standard InChI is InChI=1S/C20H19N3S/c1-2-20(22-11-5-6-12-22)23-16-7-3-4-8-18(16)24-19-10-9-15(14-21)13-17(19)23/h3-10,13,20H,2,11-12H2,1H3. The second-order valence-corrected chi connectivity index (χ2v) is 7.13. The highest BCUT2D eigenvalue weighted by Crippen LogP contribution is 2.49. The Hall–Kier alpha value is -2.22. The summed E-state index contributed by atoms with van der Waals surface area (Å²) in [4.78, 5) is 7.41. The maximum absolute atomic E-state index is 9.33. The quantitative estimate of drug-likeness (QED) is 0.757. The van der Waals surface area contributed by atoms with Gasteiger partial charge in [-0.15, -0.1) is 0 Å². The van der Waals surface area contributed by atoms with Crippen LogP contribution < -0.4 is 4.90 Å². The topological polar surface area (TPSA) is 30.3 Å². The van der Waals surface area contributed by atoms with E-state index in [2.05, 4.69) is 65.3 Å². The van der Waals surface area contributed by atoms with Crippen molar-refractivity contribution in [2.45, 2.75) is 29.3 Å². The summed E-state index contributed by atoms with van der Waals surface area (Å²) in [6.07, 6.45) is 5.78. The molecule has 0 fully saturated rings. The van der Waals surface area contributed by atoms with Crippen LogP contribution in [0.2, 0.25) is 0 Å². The number of benzene rings is 2. The van der Waals surface area contributed by atoms with Crippen LogP contribution in [0.1, 0.15) is 18.9 Å². The van der Waals surface area contributed by atoms with Gasteiger partial charge in [0.15, 0.2) is 0 Å². The Morgan fingerprint density at radius 2 is 1.83 bits per heavy atom. The van der Waals surface area contributed by atoms with Gasteiger partial charge in [-0.25, -0.2) is 0 Å². The fraction of sp³-hybridized carbons (Fsp3) is 0.250. The van der Waals surface area contributed by atoms with Gasteiger partial charge in [0.25, 0.3) is 0 Å². The lowest BCUT2D eigenvalue weighted by atomic mass is 10.1.